The summed E-state index contributed by atoms with van der Waals surface area (Å²) in [7, 11) is 0. The van der Waals surface area contributed by atoms with Crippen molar-refractivity contribution in [2.75, 3.05) is 13.2 Å². The topological polar surface area (TPSA) is 79.7 Å². The largest absolute Gasteiger partial charge is 0.494 e. The van der Waals surface area contributed by atoms with Crippen LogP contribution in [0, 0.1) is 0 Å². The van der Waals surface area contributed by atoms with Gasteiger partial charge in [-0.15, -0.1) is 11.3 Å². The Labute approximate surface area is 143 Å². The SMILES string of the molecule is CCOc1ccc(-c2nc(C(=O)N3CCC[C@H]3C(=O)O)cs2)cc1. The first kappa shape index (κ1) is 16.4. The van der Waals surface area contributed by atoms with E-state index >= 15 is 0 Å². The number of aliphatic carboxylic acids is 1. The van der Waals surface area contributed by atoms with Gasteiger partial charge in [0, 0.05) is 17.5 Å². The Morgan fingerprint density at radius 3 is 2.79 bits per heavy atom. The Morgan fingerprint density at radius 1 is 1.38 bits per heavy atom. The molecule has 126 valence electrons. The van der Waals surface area contributed by atoms with E-state index in [1.54, 1.807) is 5.38 Å². The van der Waals surface area contributed by atoms with Gasteiger partial charge in [0.05, 0.1) is 6.61 Å². The maximum atomic E-state index is 12.5. The van der Waals surface area contributed by atoms with Crippen LogP contribution in [0.3, 0.4) is 0 Å². The van der Waals surface area contributed by atoms with Crippen molar-refractivity contribution in [2.45, 2.75) is 25.8 Å². The van der Waals surface area contributed by atoms with Crippen molar-refractivity contribution >= 4 is 23.2 Å². The summed E-state index contributed by atoms with van der Waals surface area (Å²) in [4.78, 5) is 29.6. The summed E-state index contributed by atoms with van der Waals surface area (Å²) in [5, 5.41) is 11.6. The number of carboxylic acid groups (broad SMARTS) is 1. The molecule has 7 heteroatoms. The van der Waals surface area contributed by atoms with Gasteiger partial charge in [-0.05, 0) is 44.0 Å². The zero-order valence-corrected chi connectivity index (χ0v) is 14.1. The minimum absolute atomic E-state index is 0.303. The lowest BCUT2D eigenvalue weighted by Crippen LogP contribution is -2.40. The van der Waals surface area contributed by atoms with Gasteiger partial charge >= 0.3 is 5.97 Å². The Balaban J connectivity index is 1.77. The van der Waals surface area contributed by atoms with Crippen LogP contribution in [-0.4, -0.2) is 46.1 Å². The molecular formula is C17H18N2O4S. The van der Waals surface area contributed by atoms with E-state index in [0.29, 0.717) is 31.7 Å². The summed E-state index contributed by atoms with van der Waals surface area (Å²) < 4.78 is 5.41. The molecule has 1 saturated heterocycles. The van der Waals surface area contributed by atoms with Crippen LogP contribution < -0.4 is 4.74 Å². The molecule has 1 aliphatic rings. The third kappa shape index (κ3) is 3.26. The molecule has 1 fully saturated rings. The molecule has 1 aromatic heterocycles. The first-order valence-corrected chi connectivity index (χ1v) is 8.70. The number of rotatable bonds is 5. The number of amides is 1. The number of ether oxygens (including phenoxy) is 1. The molecule has 0 unspecified atom stereocenters. The van der Waals surface area contributed by atoms with E-state index in [1.165, 1.54) is 16.2 Å². The molecule has 0 bridgehead atoms. The molecule has 6 nitrogen and oxygen atoms in total. The molecule has 1 aliphatic heterocycles. The molecule has 0 saturated carbocycles. The molecule has 1 amide bonds. The second-order valence-corrected chi connectivity index (χ2v) is 6.35. The zero-order chi connectivity index (χ0) is 17.1. The van der Waals surface area contributed by atoms with E-state index in [2.05, 4.69) is 4.98 Å². The minimum Gasteiger partial charge on any atom is -0.494 e. The fourth-order valence-electron chi connectivity index (χ4n) is 2.78. The van der Waals surface area contributed by atoms with Gasteiger partial charge < -0.3 is 14.7 Å². The molecule has 3 rings (SSSR count). The average molecular weight is 346 g/mol. The molecule has 1 N–H and O–H groups in total. The molecule has 0 radical (unpaired) electrons. The molecular weight excluding hydrogens is 328 g/mol. The number of aromatic nitrogens is 1. The summed E-state index contributed by atoms with van der Waals surface area (Å²) in [5.41, 5.74) is 1.20. The molecule has 24 heavy (non-hydrogen) atoms. The second-order valence-electron chi connectivity index (χ2n) is 5.49. The van der Waals surface area contributed by atoms with E-state index in [9.17, 15) is 14.7 Å². The number of carbonyl (C=O) groups is 2. The monoisotopic (exact) mass is 346 g/mol. The highest BCUT2D eigenvalue weighted by Crippen LogP contribution is 2.27. The van der Waals surface area contributed by atoms with E-state index in [4.69, 9.17) is 4.74 Å². The van der Waals surface area contributed by atoms with Crippen LogP contribution in [-0.2, 0) is 4.79 Å². The van der Waals surface area contributed by atoms with Crippen molar-refractivity contribution in [1.29, 1.82) is 0 Å². The maximum Gasteiger partial charge on any atom is 0.326 e. The Kier molecular flexibility index (Phi) is 4.80. The van der Waals surface area contributed by atoms with E-state index in [-0.39, 0.29) is 5.91 Å². The van der Waals surface area contributed by atoms with Crippen LogP contribution in [0.15, 0.2) is 29.6 Å². The van der Waals surface area contributed by atoms with Crippen molar-refractivity contribution in [2.24, 2.45) is 0 Å². The molecule has 2 heterocycles. The lowest BCUT2D eigenvalue weighted by molar-refractivity contribution is -0.141. The molecule has 1 atom stereocenters. The van der Waals surface area contributed by atoms with E-state index < -0.39 is 12.0 Å². The summed E-state index contributed by atoms with van der Waals surface area (Å²) in [6.45, 7) is 3.00. The first-order chi connectivity index (χ1) is 11.6. The number of carboxylic acids is 1. The summed E-state index contributed by atoms with van der Waals surface area (Å²) in [6.07, 6.45) is 1.20. The van der Waals surface area contributed by atoms with Gasteiger partial charge in [-0.1, -0.05) is 0 Å². The smallest absolute Gasteiger partial charge is 0.326 e. The Bertz CT molecular complexity index is 741. The zero-order valence-electron chi connectivity index (χ0n) is 13.3. The predicted octanol–water partition coefficient (Wildman–Crippen LogP) is 2.90. The summed E-state index contributed by atoms with van der Waals surface area (Å²) in [6, 6.07) is 6.78. The van der Waals surface area contributed by atoms with Gasteiger partial charge in [-0.2, -0.15) is 0 Å². The average Bonchev–Trinajstić information content (AvgIpc) is 3.25. The van der Waals surface area contributed by atoms with Crippen LogP contribution >= 0.6 is 11.3 Å². The van der Waals surface area contributed by atoms with Crippen molar-refractivity contribution in [3.05, 3.63) is 35.3 Å². The van der Waals surface area contributed by atoms with Crippen molar-refractivity contribution in [1.82, 2.24) is 9.88 Å². The van der Waals surface area contributed by atoms with Crippen LogP contribution in [0.25, 0.3) is 10.6 Å². The Morgan fingerprint density at radius 2 is 2.12 bits per heavy atom. The molecule has 1 aromatic carbocycles. The number of carbonyl (C=O) groups excluding carboxylic acids is 1. The summed E-state index contributed by atoms with van der Waals surface area (Å²) in [5.74, 6) is -0.480. The normalized spacial score (nSPS) is 17.0. The maximum absolute atomic E-state index is 12.5. The van der Waals surface area contributed by atoms with Gasteiger partial charge in [-0.25, -0.2) is 9.78 Å². The lowest BCUT2D eigenvalue weighted by Gasteiger charge is -2.20. The van der Waals surface area contributed by atoms with Crippen molar-refractivity contribution < 1.29 is 19.4 Å². The van der Waals surface area contributed by atoms with Crippen LogP contribution in [0.2, 0.25) is 0 Å². The third-order valence-corrected chi connectivity index (χ3v) is 4.83. The van der Waals surface area contributed by atoms with Gasteiger partial charge in [0.1, 0.15) is 22.5 Å². The molecule has 0 spiro atoms. The molecule has 0 aliphatic carbocycles. The minimum atomic E-state index is -0.956. The van der Waals surface area contributed by atoms with Crippen LogP contribution in [0.4, 0.5) is 0 Å². The highest BCUT2D eigenvalue weighted by atomic mass is 32.1. The van der Waals surface area contributed by atoms with Crippen molar-refractivity contribution in [3.63, 3.8) is 0 Å². The second kappa shape index (κ2) is 7.00. The molecule has 2 aromatic rings. The standard InChI is InChI=1S/C17H18N2O4S/c1-2-23-12-7-5-11(6-8-12)15-18-13(10-24-15)16(20)19-9-3-4-14(19)17(21)22/h5-8,10,14H,2-4,9H2,1H3,(H,21,22)/t14-/m0/s1. The van der Waals surface area contributed by atoms with Crippen LogP contribution in [0.5, 0.6) is 5.75 Å². The number of benzene rings is 1. The highest BCUT2D eigenvalue weighted by Gasteiger charge is 2.35. The quantitative estimate of drug-likeness (QED) is 0.900. The number of nitrogens with zero attached hydrogens (tertiary/aromatic N) is 2. The third-order valence-electron chi connectivity index (χ3n) is 3.93. The lowest BCUT2D eigenvalue weighted by atomic mass is 10.2. The number of thiazole rings is 1. The van der Waals surface area contributed by atoms with Gasteiger partial charge in [0.25, 0.3) is 5.91 Å². The highest BCUT2D eigenvalue weighted by molar-refractivity contribution is 7.13. The fraction of sp³-hybridized carbons (Fsp3) is 0.353. The van der Waals surface area contributed by atoms with Gasteiger partial charge in [0.2, 0.25) is 0 Å². The Hall–Kier alpha value is -2.41. The first-order valence-electron chi connectivity index (χ1n) is 7.82. The van der Waals surface area contributed by atoms with Crippen LogP contribution in [0.1, 0.15) is 30.3 Å². The van der Waals surface area contributed by atoms with E-state index in [1.807, 2.05) is 31.2 Å². The summed E-state index contributed by atoms with van der Waals surface area (Å²) >= 11 is 1.37. The number of likely N-dealkylation sites (tertiary alicyclic amines) is 1. The van der Waals surface area contributed by atoms with Gasteiger partial charge in [0.15, 0.2) is 0 Å². The van der Waals surface area contributed by atoms with E-state index in [0.717, 1.165) is 16.3 Å². The fourth-order valence-corrected chi connectivity index (χ4v) is 3.58. The van der Waals surface area contributed by atoms with Crippen molar-refractivity contribution in [3.8, 4) is 16.3 Å². The number of hydrogen-bond acceptors (Lipinski definition) is 5. The number of hydrogen-bond donors (Lipinski definition) is 1. The van der Waals surface area contributed by atoms with Gasteiger partial charge in [-0.3, -0.25) is 4.79 Å². The predicted molar refractivity (Wildman–Crippen MR) is 90.4 cm³/mol.